The Balaban J connectivity index is 1.53. The van der Waals surface area contributed by atoms with Gasteiger partial charge in [-0.05, 0) is 52.3 Å². The Morgan fingerprint density at radius 3 is 2.68 bits per heavy atom. The summed E-state index contributed by atoms with van der Waals surface area (Å²) in [5.41, 5.74) is 9.81. The molecule has 0 bridgehead atoms. The molecule has 34 heavy (non-hydrogen) atoms. The van der Waals surface area contributed by atoms with Gasteiger partial charge in [-0.2, -0.15) is 10.2 Å². The first-order valence-corrected chi connectivity index (χ1v) is 11.4. The molecule has 0 saturated heterocycles. The number of nitrogens with two attached hydrogens (primary N) is 1. The second-order valence-electron chi connectivity index (χ2n) is 9.48. The van der Waals surface area contributed by atoms with Crippen LogP contribution in [0.1, 0.15) is 39.6 Å². The molecule has 3 aromatic heterocycles. The number of hydrogen-bond donors (Lipinski definition) is 1. The Morgan fingerprint density at radius 1 is 1.15 bits per heavy atom. The Bertz CT molecular complexity index is 1390. The molecule has 1 aromatic carbocycles. The largest absolute Gasteiger partial charge is 0.491 e. The van der Waals surface area contributed by atoms with Gasteiger partial charge in [-0.1, -0.05) is 12.6 Å². The maximum atomic E-state index is 6.12. The lowest BCUT2D eigenvalue weighted by atomic mass is 10.0. The summed E-state index contributed by atoms with van der Waals surface area (Å²) >= 11 is 0. The van der Waals surface area contributed by atoms with Crippen molar-refractivity contribution in [3.05, 3.63) is 54.9 Å². The second kappa shape index (κ2) is 7.86. The lowest BCUT2D eigenvalue weighted by Crippen LogP contribution is -2.32. The Morgan fingerprint density at radius 2 is 1.94 bits per heavy atom. The molecule has 0 unspecified atom stereocenters. The molecule has 0 radical (unpaired) electrons. The van der Waals surface area contributed by atoms with E-state index in [1.54, 1.807) is 0 Å². The zero-order chi connectivity index (χ0) is 24.2. The molecule has 0 fully saturated rings. The van der Waals surface area contributed by atoms with Gasteiger partial charge in [-0.3, -0.25) is 4.68 Å². The summed E-state index contributed by atoms with van der Waals surface area (Å²) in [6.45, 7) is 15.2. The van der Waals surface area contributed by atoms with Gasteiger partial charge in [-0.25, -0.2) is 14.6 Å². The fourth-order valence-electron chi connectivity index (χ4n) is 4.06. The summed E-state index contributed by atoms with van der Waals surface area (Å²) < 4.78 is 12.0. The number of nitrogens with zero attached hydrogens (tertiary/aromatic N) is 7. The van der Waals surface area contributed by atoms with Crippen LogP contribution < -0.4 is 10.5 Å². The van der Waals surface area contributed by atoms with E-state index in [2.05, 4.69) is 52.3 Å². The number of allylic oxidation sites excluding steroid dienone is 1. The Hall–Kier alpha value is -3.88. The molecule has 0 aliphatic carbocycles. The molecule has 9 nitrogen and oxygen atoms in total. The third-order valence-corrected chi connectivity index (χ3v) is 6.32. The van der Waals surface area contributed by atoms with Crippen molar-refractivity contribution in [2.24, 2.45) is 5.73 Å². The first-order valence-electron chi connectivity index (χ1n) is 11.4. The minimum Gasteiger partial charge on any atom is -0.491 e. The third-order valence-electron chi connectivity index (χ3n) is 6.32. The zero-order valence-electron chi connectivity index (χ0n) is 20.3. The highest BCUT2D eigenvalue weighted by atomic mass is 16.5. The van der Waals surface area contributed by atoms with Crippen LogP contribution in [0.5, 0.6) is 5.75 Å². The number of rotatable bonds is 5. The summed E-state index contributed by atoms with van der Waals surface area (Å²) in [5.74, 6) is 3.18. The minimum absolute atomic E-state index is 0.193. The molecule has 4 aromatic rings. The summed E-state index contributed by atoms with van der Waals surface area (Å²) in [4.78, 5) is 9.59. The van der Waals surface area contributed by atoms with Gasteiger partial charge in [0, 0.05) is 29.7 Å². The first-order chi connectivity index (χ1) is 16.1. The monoisotopic (exact) mass is 458 g/mol. The van der Waals surface area contributed by atoms with Crippen LogP contribution in [0.3, 0.4) is 0 Å². The standard InChI is InChI=1S/C25H30N8O/c1-15(2)33-24(28-17(4)30-33)21-14-31-9-10-34-22-11-18(7-8-20(22)23(31)29-21)19-12-27-32(13-19)25(5,6)16(3)26/h7-8,11-15H,3,9-10,26H2,1-2,4-6H3. The van der Waals surface area contributed by atoms with E-state index >= 15 is 0 Å². The minimum atomic E-state index is -0.476. The van der Waals surface area contributed by atoms with Crippen molar-refractivity contribution >= 4 is 0 Å². The van der Waals surface area contributed by atoms with E-state index in [0.29, 0.717) is 18.8 Å². The number of ether oxygens (including phenoxy) is 1. The molecule has 0 atom stereocenters. The third kappa shape index (κ3) is 3.57. The van der Waals surface area contributed by atoms with Gasteiger partial charge < -0.3 is 15.0 Å². The molecule has 2 N–H and O–H groups in total. The Kier molecular flexibility index (Phi) is 5.07. The molecule has 1 aliphatic rings. The molecule has 5 rings (SSSR count). The van der Waals surface area contributed by atoms with Crippen LogP contribution in [0.4, 0.5) is 0 Å². The maximum absolute atomic E-state index is 6.12. The summed E-state index contributed by atoms with van der Waals surface area (Å²) in [6.07, 6.45) is 5.86. The predicted molar refractivity (Wildman–Crippen MR) is 131 cm³/mol. The fourth-order valence-corrected chi connectivity index (χ4v) is 4.06. The van der Waals surface area contributed by atoms with Crippen molar-refractivity contribution < 1.29 is 4.74 Å². The predicted octanol–water partition coefficient (Wildman–Crippen LogP) is 4.16. The van der Waals surface area contributed by atoms with Crippen molar-refractivity contribution in [3.8, 4) is 39.8 Å². The number of hydrogen-bond acceptors (Lipinski definition) is 6. The van der Waals surface area contributed by atoms with Gasteiger partial charge in [0.25, 0.3) is 0 Å². The SMILES string of the molecule is C=C(N)C(C)(C)n1cc(-c2ccc3c(c2)OCCn2cc(-c4nc(C)nn4C(C)C)nc2-3)cn1. The number of aromatic nitrogens is 7. The topological polar surface area (TPSA) is 102 Å². The lowest BCUT2D eigenvalue weighted by Gasteiger charge is -2.25. The first kappa shape index (κ1) is 21.9. The normalized spacial score (nSPS) is 13.4. The van der Waals surface area contributed by atoms with E-state index in [9.17, 15) is 0 Å². The molecule has 0 amide bonds. The van der Waals surface area contributed by atoms with E-state index in [1.165, 1.54) is 0 Å². The van der Waals surface area contributed by atoms with Crippen molar-refractivity contribution in [2.45, 2.75) is 52.7 Å². The van der Waals surface area contributed by atoms with E-state index in [1.807, 2.05) is 54.8 Å². The number of fused-ring (bicyclic) bond motifs is 3. The maximum Gasteiger partial charge on any atom is 0.178 e. The van der Waals surface area contributed by atoms with Gasteiger partial charge in [-0.15, -0.1) is 0 Å². The molecule has 176 valence electrons. The summed E-state index contributed by atoms with van der Waals surface area (Å²) in [6, 6.07) is 6.37. The molecular formula is C25H30N8O. The fraction of sp³-hybridized carbons (Fsp3) is 0.360. The number of imidazole rings is 1. The molecule has 1 aliphatic heterocycles. The van der Waals surface area contributed by atoms with Gasteiger partial charge in [0.15, 0.2) is 5.82 Å². The number of aryl methyl sites for hydroxylation is 1. The van der Waals surface area contributed by atoms with Gasteiger partial charge in [0.2, 0.25) is 0 Å². The van der Waals surface area contributed by atoms with Crippen molar-refractivity contribution in [1.29, 1.82) is 0 Å². The van der Waals surface area contributed by atoms with E-state index < -0.39 is 5.54 Å². The second-order valence-corrected chi connectivity index (χ2v) is 9.48. The van der Waals surface area contributed by atoms with Crippen LogP contribution in [0.15, 0.2) is 49.1 Å². The van der Waals surface area contributed by atoms with Crippen molar-refractivity contribution in [2.75, 3.05) is 6.61 Å². The highest BCUT2D eigenvalue weighted by Gasteiger charge is 2.25. The number of benzene rings is 1. The highest BCUT2D eigenvalue weighted by Crippen LogP contribution is 2.37. The lowest BCUT2D eigenvalue weighted by molar-refractivity contribution is 0.307. The molecule has 0 saturated carbocycles. The van der Waals surface area contributed by atoms with Crippen LogP contribution in [0, 0.1) is 6.92 Å². The molecule has 4 heterocycles. The van der Waals surface area contributed by atoms with Gasteiger partial charge in [0.1, 0.15) is 29.7 Å². The van der Waals surface area contributed by atoms with Crippen LogP contribution >= 0.6 is 0 Å². The van der Waals surface area contributed by atoms with Crippen LogP contribution in [0.2, 0.25) is 0 Å². The molecular weight excluding hydrogens is 428 g/mol. The van der Waals surface area contributed by atoms with Crippen LogP contribution in [-0.4, -0.2) is 40.7 Å². The quantitative estimate of drug-likeness (QED) is 0.482. The smallest absolute Gasteiger partial charge is 0.178 e. The van der Waals surface area contributed by atoms with Crippen molar-refractivity contribution in [1.82, 2.24) is 34.1 Å². The van der Waals surface area contributed by atoms with Crippen molar-refractivity contribution in [3.63, 3.8) is 0 Å². The van der Waals surface area contributed by atoms with E-state index in [4.69, 9.17) is 15.5 Å². The van der Waals surface area contributed by atoms with Gasteiger partial charge >= 0.3 is 0 Å². The molecule has 0 spiro atoms. The summed E-state index contributed by atoms with van der Waals surface area (Å²) in [7, 11) is 0. The van der Waals surface area contributed by atoms with E-state index in [-0.39, 0.29) is 6.04 Å². The van der Waals surface area contributed by atoms with Crippen LogP contribution in [0.25, 0.3) is 34.0 Å². The summed E-state index contributed by atoms with van der Waals surface area (Å²) in [5, 5.41) is 9.06. The van der Waals surface area contributed by atoms with Crippen LogP contribution in [-0.2, 0) is 12.1 Å². The Labute approximate surface area is 198 Å². The average molecular weight is 459 g/mol. The highest BCUT2D eigenvalue weighted by molar-refractivity contribution is 5.74. The van der Waals surface area contributed by atoms with Gasteiger partial charge in [0.05, 0.1) is 23.8 Å². The zero-order valence-corrected chi connectivity index (χ0v) is 20.3. The molecule has 9 heteroatoms. The average Bonchev–Trinajstić information content (AvgIpc) is 3.50. The van der Waals surface area contributed by atoms with E-state index in [0.717, 1.165) is 45.6 Å².